The molecule has 4 aromatic rings. The van der Waals surface area contributed by atoms with Crippen molar-refractivity contribution >= 4 is 51.8 Å². The van der Waals surface area contributed by atoms with E-state index in [0.29, 0.717) is 6.54 Å². The molecule has 1 fully saturated rings. The molecule has 0 aliphatic carbocycles. The number of para-hydroxylation sites is 2. The minimum absolute atomic E-state index is 0.00775. The zero-order valence-electron chi connectivity index (χ0n) is 18.3. The third kappa shape index (κ3) is 3.70. The lowest BCUT2D eigenvalue weighted by Gasteiger charge is -2.29. The first kappa shape index (κ1) is 21.7. The van der Waals surface area contributed by atoms with E-state index in [2.05, 4.69) is 22.0 Å². The number of aromatic nitrogens is 1. The fourth-order valence-electron chi connectivity index (χ4n) is 4.26. The highest BCUT2D eigenvalue weighted by Gasteiger charge is 2.36. The number of carbonyl (C=O) groups is 2. The van der Waals surface area contributed by atoms with Gasteiger partial charge in [0.15, 0.2) is 5.11 Å². The molecule has 7 heteroatoms. The Balaban J connectivity index is 1.63. The van der Waals surface area contributed by atoms with Gasteiger partial charge in [0.25, 0.3) is 11.8 Å². The van der Waals surface area contributed by atoms with Crippen molar-refractivity contribution in [1.29, 1.82) is 0 Å². The van der Waals surface area contributed by atoms with Crippen molar-refractivity contribution < 1.29 is 14.0 Å². The SMILES string of the molecule is Cc1c(/C=C2\C(=O)NC(=S)N(c3ccccc3F)C2=O)c2ccccc2n1Cc1ccccc1. The van der Waals surface area contributed by atoms with E-state index >= 15 is 0 Å². The number of carbonyl (C=O) groups excluding carboxylic acids is 2. The summed E-state index contributed by atoms with van der Waals surface area (Å²) in [6, 6.07) is 23.7. The maximum atomic E-state index is 14.5. The van der Waals surface area contributed by atoms with Gasteiger partial charge in [-0.15, -0.1) is 0 Å². The molecule has 0 saturated carbocycles. The fourth-order valence-corrected chi connectivity index (χ4v) is 4.54. The van der Waals surface area contributed by atoms with Crippen LogP contribution in [0.1, 0.15) is 16.8 Å². The molecule has 0 spiro atoms. The maximum Gasteiger partial charge on any atom is 0.270 e. The molecule has 1 aliphatic rings. The minimum atomic E-state index is -0.668. The summed E-state index contributed by atoms with van der Waals surface area (Å²) in [5.74, 6) is -1.88. The molecule has 1 saturated heterocycles. The number of hydrogen-bond donors (Lipinski definition) is 1. The van der Waals surface area contributed by atoms with E-state index < -0.39 is 17.6 Å². The van der Waals surface area contributed by atoms with Crippen LogP contribution in [-0.4, -0.2) is 21.5 Å². The molecule has 5 rings (SSSR count). The van der Waals surface area contributed by atoms with Crippen LogP contribution >= 0.6 is 12.2 Å². The van der Waals surface area contributed by atoms with Crippen molar-refractivity contribution in [1.82, 2.24) is 9.88 Å². The number of rotatable bonds is 4. The molecule has 3 aromatic carbocycles. The number of thiocarbonyl (C=S) groups is 1. The van der Waals surface area contributed by atoms with Crippen LogP contribution in [0.15, 0.2) is 84.4 Å². The Kier molecular flexibility index (Phi) is 5.55. The molecule has 1 N–H and O–H groups in total. The van der Waals surface area contributed by atoms with Gasteiger partial charge >= 0.3 is 0 Å². The fraction of sp³-hybridized carbons (Fsp3) is 0.0741. The molecule has 0 radical (unpaired) electrons. The van der Waals surface area contributed by atoms with Gasteiger partial charge in [0.2, 0.25) is 0 Å². The molecular formula is C27H20FN3O2S. The Hall–Kier alpha value is -4.10. The Bertz CT molecular complexity index is 1490. The lowest BCUT2D eigenvalue weighted by atomic mass is 10.0. The maximum absolute atomic E-state index is 14.5. The van der Waals surface area contributed by atoms with Crippen molar-refractivity contribution in [2.24, 2.45) is 0 Å². The van der Waals surface area contributed by atoms with E-state index in [1.54, 1.807) is 12.1 Å². The van der Waals surface area contributed by atoms with Crippen LogP contribution in [0.2, 0.25) is 0 Å². The van der Waals surface area contributed by atoms with Crippen molar-refractivity contribution in [3.63, 3.8) is 0 Å². The molecule has 5 nitrogen and oxygen atoms in total. The summed E-state index contributed by atoms with van der Waals surface area (Å²) in [4.78, 5) is 27.2. The second kappa shape index (κ2) is 8.68. The number of hydrogen-bond acceptors (Lipinski definition) is 3. The predicted octanol–water partition coefficient (Wildman–Crippen LogP) is 4.97. The van der Waals surface area contributed by atoms with E-state index in [0.717, 1.165) is 32.6 Å². The average molecular weight is 470 g/mol. The standard InChI is InChI=1S/C27H20FN3O2S/c1-17-20(19-11-5-7-13-23(19)30(17)16-18-9-3-2-4-10-18)15-21-25(32)29-27(34)31(26(21)33)24-14-8-6-12-22(24)28/h2-15H,16H2,1H3,(H,29,32,34)/b21-15+. The number of anilines is 1. The van der Waals surface area contributed by atoms with E-state index in [9.17, 15) is 14.0 Å². The van der Waals surface area contributed by atoms with E-state index in [1.165, 1.54) is 18.2 Å². The first-order valence-electron chi connectivity index (χ1n) is 10.7. The van der Waals surface area contributed by atoms with Gasteiger partial charge in [0.1, 0.15) is 11.4 Å². The van der Waals surface area contributed by atoms with Crippen LogP contribution in [0.3, 0.4) is 0 Å². The van der Waals surface area contributed by atoms with Crippen LogP contribution in [0, 0.1) is 12.7 Å². The molecule has 1 aromatic heterocycles. The number of fused-ring (bicyclic) bond motifs is 1. The summed E-state index contributed by atoms with van der Waals surface area (Å²) in [5.41, 5.74) is 3.67. The highest BCUT2D eigenvalue weighted by atomic mass is 32.1. The van der Waals surface area contributed by atoms with Gasteiger partial charge in [-0.05, 0) is 49.0 Å². The Morgan fingerprint density at radius 2 is 1.62 bits per heavy atom. The Labute approximate surface area is 201 Å². The molecule has 0 atom stereocenters. The first-order chi connectivity index (χ1) is 16.5. The van der Waals surface area contributed by atoms with Gasteiger partial charge in [0.05, 0.1) is 5.69 Å². The van der Waals surface area contributed by atoms with Crippen LogP contribution < -0.4 is 10.2 Å². The number of amides is 2. The second-order valence-corrected chi connectivity index (χ2v) is 8.38. The van der Waals surface area contributed by atoms with E-state index in [4.69, 9.17) is 12.2 Å². The van der Waals surface area contributed by atoms with Gasteiger partial charge in [-0.1, -0.05) is 60.7 Å². The molecule has 2 amide bonds. The molecule has 0 unspecified atom stereocenters. The van der Waals surface area contributed by atoms with Crippen molar-refractivity contribution in [3.8, 4) is 0 Å². The monoisotopic (exact) mass is 469 g/mol. The zero-order valence-corrected chi connectivity index (χ0v) is 19.1. The van der Waals surface area contributed by atoms with Crippen molar-refractivity contribution in [2.75, 3.05) is 4.90 Å². The van der Waals surface area contributed by atoms with Crippen molar-refractivity contribution in [2.45, 2.75) is 13.5 Å². The number of nitrogens with zero attached hydrogens (tertiary/aromatic N) is 2. The Morgan fingerprint density at radius 3 is 2.38 bits per heavy atom. The van der Waals surface area contributed by atoms with Gasteiger partial charge in [0, 0.05) is 28.7 Å². The van der Waals surface area contributed by atoms with Crippen LogP contribution in [0.5, 0.6) is 0 Å². The highest BCUT2D eigenvalue weighted by Crippen LogP contribution is 2.31. The Morgan fingerprint density at radius 1 is 0.941 bits per heavy atom. The number of benzene rings is 3. The third-order valence-electron chi connectivity index (χ3n) is 5.95. The molecular weight excluding hydrogens is 449 g/mol. The summed E-state index contributed by atoms with van der Waals surface area (Å²) < 4.78 is 16.6. The van der Waals surface area contributed by atoms with Crippen molar-refractivity contribution in [3.05, 3.63) is 107 Å². The smallest absolute Gasteiger partial charge is 0.270 e. The summed E-state index contributed by atoms with van der Waals surface area (Å²) in [5, 5.41) is 3.29. The summed E-state index contributed by atoms with van der Waals surface area (Å²) >= 11 is 5.20. The normalized spacial score (nSPS) is 15.3. The van der Waals surface area contributed by atoms with Gasteiger partial charge in [-0.2, -0.15) is 0 Å². The lowest BCUT2D eigenvalue weighted by molar-refractivity contribution is -0.122. The van der Waals surface area contributed by atoms with Gasteiger partial charge < -0.3 is 4.57 Å². The van der Waals surface area contributed by atoms with Gasteiger partial charge in [-0.3, -0.25) is 14.9 Å². The number of halogens is 1. The molecule has 2 heterocycles. The second-order valence-electron chi connectivity index (χ2n) is 8.00. The predicted molar refractivity (Wildman–Crippen MR) is 135 cm³/mol. The minimum Gasteiger partial charge on any atom is -0.340 e. The molecule has 168 valence electrons. The number of nitrogens with one attached hydrogen (secondary N) is 1. The largest absolute Gasteiger partial charge is 0.340 e. The van der Waals surface area contributed by atoms with Crippen LogP contribution in [0.25, 0.3) is 17.0 Å². The summed E-state index contributed by atoms with van der Waals surface area (Å²) in [6.07, 6.45) is 1.58. The quantitative estimate of drug-likeness (QED) is 0.261. The summed E-state index contributed by atoms with van der Waals surface area (Å²) in [7, 11) is 0. The zero-order chi connectivity index (χ0) is 23.8. The van der Waals surface area contributed by atoms with Crippen LogP contribution in [0.4, 0.5) is 10.1 Å². The molecule has 1 aliphatic heterocycles. The van der Waals surface area contributed by atoms with Gasteiger partial charge in [-0.25, -0.2) is 9.29 Å². The lowest BCUT2D eigenvalue weighted by Crippen LogP contribution is -2.54. The third-order valence-corrected chi connectivity index (χ3v) is 6.23. The molecule has 34 heavy (non-hydrogen) atoms. The van der Waals surface area contributed by atoms with E-state index in [1.807, 2.05) is 49.4 Å². The first-order valence-corrected chi connectivity index (χ1v) is 11.1. The molecule has 0 bridgehead atoms. The summed E-state index contributed by atoms with van der Waals surface area (Å²) in [6.45, 7) is 2.60. The average Bonchev–Trinajstić information content (AvgIpc) is 3.09. The van der Waals surface area contributed by atoms with E-state index in [-0.39, 0.29) is 16.4 Å². The highest BCUT2D eigenvalue weighted by molar-refractivity contribution is 7.80. The van der Waals surface area contributed by atoms with Crippen LogP contribution in [-0.2, 0) is 16.1 Å². The topological polar surface area (TPSA) is 54.3 Å².